The van der Waals surface area contributed by atoms with Gasteiger partial charge in [0.25, 0.3) is 5.91 Å². The highest BCUT2D eigenvalue weighted by molar-refractivity contribution is 7.21. The standard InChI is InChI=1S/C21H18FN3OS2/c1-11(2)24-20(26)19-18(23)17-14(12-5-7-13(22)8-6-12)10-15(25-21(17)28-19)16-4-3-9-27-16/h3-11H,23H2,1-2H3,(H,24,26). The fourth-order valence-electron chi connectivity index (χ4n) is 3.03. The molecule has 0 fully saturated rings. The third-order valence-electron chi connectivity index (χ3n) is 4.25. The maximum absolute atomic E-state index is 13.4. The number of rotatable bonds is 4. The van der Waals surface area contributed by atoms with E-state index in [-0.39, 0.29) is 17.8 Å². The van der Waals surface area contributed by atoms with Crippen LogP contribution in [0, 0.1) is 5.82 Å². The van der Waals surface area contributed by atoms with Crippen LogP contribution in [0.3, 0.4) is 0 Å². The number of nitrogens with two attached hydrogens (primary N) is 1. The molecule has 28 heavy (non-hydrogen) atoms. The molecule has 1 aromatic carbocycles. The maximum atomic E-state index is 13.4. The van der Waals surface area contributed by atoms with E-state index in [9.17, 15) is 9.18 Å². The van der Waals surface area contributed by atoms with Crippen molar-refractivity contribution in [2.45, 2.75) is 19.9 Å². The maximum Gasteiger partial charge on any atom is 0.263 e. The second-order valence-corrected chi connectivity index (χ2v) is 8.64. The number of carbonyl (C=O) groups excluding carboxylic acids is 1. The predicted octanol–water partition coefficient (Wildman–Crippen LogP) is 5.55. The Morgan fingerprint density at radius 3 is 2.61 bits per heavy atom. The molecule has 0 aliphatic carbocycles. The third kappa shape index (κ3) is 3.39. The van der Waals surface area contributed by atoms with Gasteiger partial charge in [-0.25, -0.2) is 9.37 Å². The van der Waals surface area contributed by atoms with Crippen molar-refractivity contribution < 1.29 is 9.18 Å². The van der Waals surface area contributed by atoms with Crippen LogP contribution in [0.1, 0.15) is 23.5 Å². The van der Waals surface area contributed by atoms with Gasteiger partial charge in [-0.05, 0) is 54.6 Å². The number of carbonyl (C=O) groups is 1. The Bertz CT molecular complexity index is 1150. The Labute approximate surface area is 169 Å². The average Bonchev–Trinajstić information content (AvgIpc) is 3.30. The summed E-state index contributed by atoms with van der Waals surface area (Å²) in [6.45, 7) is 3.80. The van der Waals surface area contributed by atoms with E-state index < -0.39 is 0 Å². The lowest BCUT2D eigenvalue weighted by Gasteiger charge is -2.09. The number of pyridine rings is 1. The van der Waals surface area contributed by atoms with Gasteiger partial charge >= 0.3 is 0 Å². The number of nitrogens with zero attached hydrogens (tertiary/aromatic N) is 1. The minimum atomic E-state index is -0.303. The number of benzene rings is 1. The molecule has 4 aromatic rings. The largest absolute Gasteiger partial charge is 0.397 e. The van der Waals surface area contributed by atoms with Gasteiger partial charge in [0.05, 0.1) is 16.3 Å². The molecular formula is C21H18FN3OS2. The Morgan fingerprint density at radius 2 is 1.96 bits per heavy atom. The van der Waals surface area contributed by atoms with Gasteiger partial charge in [-0.2, -0.15) is 0 Å². The monoisotopic (exact) mass is 411 g/mol. The van der Waals surface area contributed by atoms with Crippen molar-refractivity contribution in [3.05, 3.63) is 58.5 Å². The first-order chi connectivity index (χ1) is 13.4. The van der Waals surface area contributed by atoms with E-state index in [1.54, 1.807) is 23.5 Å². The first-order valence-electron chi connectivity index (χ1n) is 8.77. The molecule has 3 heterocycles. The molecule has 3 N–H and O–H groups in total. The minimum absolute atomic E-state index is 0.00307. The van der Waals surface area contributed by atoms with Crippen LogP contribution in [0.5, 0.6) is 0 Å². The lowest BCUT2D eigenvalue weighted by molar-refractivity contribution is 0.0948. The molecular weight excluding hydrogens is 393 g/mol. The second-order valence-electron chi connectivity index (χ2n) is 6.69. The Balaban J connectivity index is 1.97. The molecule has 0 radical (unpaired) electrons. The quantitative estimate of drug-likeness (QED) is 0.462. The van der Waals surface area contributed by atoms with Crippen molar-refractivity contribution in [3.8, 4) is 21.7 Å². The first-order valence-corrected chi connectivity index (χ1v) is 10.5. The van der Waals surface area contributed by atoms with Gasteiger partial charge in [0.1, 0.15) is 15.5 Å². The van der Waals surface area contributed by atoms with Crippen LogP contribution < -0.4 is 11.1 Å². The number of hydrogen-bond donors (Lipinski definition) is 2. The molecule has 0 saturated heterocycles. The molecule has 7 heteroatoms. The summed E-state index contributed by atoms with van der Waals surface area (Å²) in [7, 11) is 0. The fraction of sp³-hybridized carbons (Fsp3) is 0.143. The minimum Gasteiger partial charge on any atom is -0.397 e. The zero-order chi connectivity index (χ0) is 19.8. The van der Waals surface area contributed by atoms with Gasteiger partial charge in [-0.3, -0.25) is 4.79 Å². The molecule has 142 valence electrons. The third-order valence-corrected chi connectivity index (χ3v) is 6.24. The summed E-state index contributed by atoms with van der Waals surface area (Å²) in [4.78, 5) is 19.5. The van der Waals surface area contributed by atoms with Gasteiger partial charge in [0, 0.05) is 11.4 Å². The number of amides is 1. The first kappa shape index (κ1) is 18.6. The molecule has 0 aliphatic rings. The molecule has 0 bridgehead atoms. The normalized spacial score (nSPS) is 11.3. The van der Waals surface area contributed by atoms with Crippen LogP contribution in [0.2, 0.25) is 0 Å². The van der Waals surface area contributed by atoms with Crippen LogP contribution in [0.15, 0.2) is 47.8 Å². The Kier molecular flexibility index (Phi) is 4.87. The highest BCUT2D eigenvalue weighted by Gasteiger charge is 2.22. The zero-order valence-electron chi connectivity index (χ0n) is 15.3. The van der Waals surface area contributed by atoms with Crippen molar-refractivity contribution in [1.29, 1.82) is 0 Å². The number of nitrogen functional groups attached to an aromatic ring is 1. The molecule has 4 nitrogen and oxygen atoms in total. The van der Waals surface area contributed by atoms with Crippen LogP contribution >= 0.6 is 22.7 Å². The van der Waals surface area contributed by atoms with E-state index in [0.717, 1.165) is 27.1 Å². The average molecular weight is 412 g/mol. The number of anilines is 1. The summed E-state index contributed by atoms with van der Waals surface area (Å²) in [6.07, 6.45) is 0. The Morgan fingerprint density at radius 1 is 1.21 bits per heavy atom. The van der Waals surface area contributed by atoms with Crippen molar-refractivity contribution in [3.63, 3.8) is 0 Å². The van der Waals surface area contributed by atoms with Gasteiger partial charge in [0.15, 0.2) is 0 Å². The molecule has 3 aromatic heterocycles. The van der Waals surface area contributed by atoms with Crippen molar-refractivity contribution in [2.75, 3.05) is 5.73 Å². The van der Waals surface area contributed by atoms with Crippen molar-refractivity contribution in [1.82, 2.24) is 10.3 Å². The highest BCUT2D eigenvalue weighted by Crippen LogP contribution is 2.41. The number of thiophene rings is 2. The van der Waals surface area contributed by atoms with E-state index in [2.05, 4.69) is 5.32 Å². The highest BCUT2D eigenvalue weighted by atomic mass is 32.1. The molecule has 0 spiro atoms. The SMILES string of the molecule is CC(C)NC(=O)c1sc2nc(-c3cccs3)cc(-c3ccc(F)cc3)c2c1N. The van der Waals surface area contributed by atoms with Crippen LogP contribution in [0.4, 0.5) is 10.1 Å². The van der Waals surface area contributed by atoms with E-state index in [4.69, 9.17) is 10.7 Å². The zero-order valence-corrected chi connectivity index (χ0v) is 17.0. The topological polar surface area (TPSA) is 68.0 Å². The van der Waals surface area contributed by atoms with Crippen LogP contribution in [-0.2, 0) is 0 Å². The summed E-state index contributed by atoms with van der Waals surface area (Å²) < 4.78 is 13.4. The van der Waals surface area contributed by atoms with E-state index >= 15 is 0 Å². The Hall–Kier alpha value is -2.77. The lowest BCUT2D eigenvalue weighted by Crippen LogP contribution is -2.29. The number of fused-ring (bicyclic) bond motifs is 1. The number of nitrogens with one attached hydrogen (secondary N) is 1. The molecule has 4 rings (SSSR count). The van der Waals surface area contributed by atoms with E-state index in [1.807, 2.05) is 37.4 Å². The van der Waals surface area contributed by atoms with E-state index in [1.165, 1.54) is 23.5 Å². The van der Waals surface area contributed by atoms with E-state index in [0.29, 0.717) is 15.4 Å². The smallest absolute Gasteiger partial charge is 0.263 e. The van der Waals surface area contributed by atoms with Crippen LogP contribution in [-0.4, -0.2) is 16.9 Å². The fourth-order valence-corrected chi connectivity index (χ4v) is 4.73. The summed E-state index contributed by atoms with van der Waals surface area (Å²) in [6, 6.07) is 12.2. The molecule has 0 unspecified atom stereocenters. The van der Waals surface area contributed by atoms with Crippen molar-refractivity contribution in [2.24, 2.45) is 0 Å². The van der Waals surface area contributed by atoms with Crippen molar-refractivity contribution >= 4 is 44.5 Å². The number of aromatic nitrogens is 1. The molecule has 1 amide bonds. The second kappa shape index (κ2) is 7.33. The number of hydrogen-bond acceptors (Lipinski definition) is 5. The van der Waals surface area contributed by atoms with Gasteiger partial charge in [-0.1, -0.05) is 18.2 Å². The predicted molar refractivity (Wildman–Crippen MR) is 115 cm³/mol. The lowest BCUT2D eigenvalue weighted by atomic mass is 10.0. The summed E-state index contributed by atoms with van der Waals surface area (Å²) in [5.41, 5.74) is 9.26. The molecule has 0 atom stereocenters. The van der Waals surface area contributed by atoms with Gasteiger partial charge < -0.3 is 11.1 Å². The summed E-state index contributed by atoms with van der Waals surface area (Å²) in [5, 5.41) is 5.60. The number of halogens is 1. The summed E-state index contributed by atoms with van der Waals surface area (Å²) >= 11 is 2.87. The van der Waals surface area contributed by atoms with Crippen LogP contribution in [0.25, 0.3) is 31.9 Å². The molecule has 0 saturated carbocycles. The molecule has 0 aliphatic heterocycles. The van der Waals surface area contributed by atoms with Gasteiger partial charge in [0.2, 0.25) is 0 Å². The van der Waals surface area contributed by atoms with Gasteiger partial charge in [-0.15, -0.1) is 22.7 Å². The summed E-state index contributed by atoms with van der Waals surface area (Å²) in [5.74, 6) is -0.513.